The number of hydrogen-bond acceptors (Lipinski definition) is 13. The number of ketones is 2. The molecule has 0 aromatic heterocycles. The van der Waals surface area contributed by atoms with Crippen molar-refractivity contribution in [1.82, 2.24) is 20.4 Å². The van der Waals surface area contributed by atoms with E-state index in [4.69, 9.17) is 23.7 Å². The Morgan fingerprint density at radius 2 is 1.33 bits per heavy atom. The van der Waals surface area contributed by atoms with Crippen LogP contribution in [0.25, 0.3) is 0 Å². The van der Waals surface area contributed by atoms with E-state index in [1.165, 1.54) is 14.2 Å². The van der Waals surface area contributed by atoms with Gasteiger partial charge in [0.15, 0.2) is 5.78 Å². The number of alkyl carbamates (subject to hydrolysis) is 1. The Morgan fingerprint density at radius 3 is 1.87 bits per heavy atom. The second-order valence-corrected chi connectivity index (χ2v) is 21.9. The van der Waals surface area contributed by atoms with Gasteiger partial charge >= 0.3 is 18.2 Å². The van der Waals surface area contributed by atoms with Crippen molar-refractivity contribution in [2.24, 2.45) is 47.3 Å². The molecule has 3 N–H and O–H groups in total. The molecule has 12 atom stereocenters. The molecular weight excluding hydrogens is 961 g/mol. The number of likely N-dealkylation sites (tertiary alicyclic amines) is 1. The normalized spacial score (nSPS) is 18.2. The van der Waals surface area contributed by atoms with Crippen LogP contribution in [0.5, 0.6) is 0 Å². The van der Waals surface area contributed by atoms with Gasteiger partial charge in [-0.1, -0.05) is 150 Å². The molecule has 1 unspecified atom stereocenters. The second kappa shape index (κ2) is 31.0. The molecule has 2 aromatic carbocycles. The van der Waals surface area contributed by atoms with Crippen LogP contribution in [0.4, 0.5) is 9.59 Å². The van der Waals surface area contributed by atoms with Crippen molar-refractivity contribution in [2.45, 2.75) is 177 Å². The van der Waals surface area contributed by atoms with Crippen molar-refractivity contribution < 1.29 is 62.4 Å². The summed E-state index contributed by atoms with van der Waals surface area (Å²) in [5.41, 5.74) is 1.50. The van der Waals surface area contributed by atoms with Gasteiger partial charge in [0.05, 0.1) is 42.9 Å². The number of carbonyl (C=O) groups excluding carboxylic acids is 7. The maximum absolute atomic E-state index is 14.5. The number of benzene rings is 2. The maximum atomic E-state index is 14.5. The molecule has 0 aliphatic carbocycles. The fraction of sp³-hybridized carbons (Fsp3) is 0.672. The molecule has 420 valence electrons. The number of esters is 1. The Bertz CT molecular complexity index is 2120. The molecule has 1 aliphatic heterocycles. The van der Waals surface area contributed by atoms with E-state index in [1.54, 1.807) is 65.7 Å². The third kappa shape index (κ3) is 18.7. The second-order valence-electron chi connectivity index (χ2n) is 21.9. The van der Waals surface area contributed by atoms with Crippen LogP contribution in [0, 0.1) is 47.3 Å². The SMILES string of the molecule is CC[C@H](C)[C@H](NC(=O)[C@@H](CC(=O)[C@H](C(C)C)N(C)C(=O)OC(OC(=O)[C@@H](NC(=O)OCc1ccccc1)C(C)C)C(C)C)C(C)C)[C@@H](CC(=O)N1CCC[C@H]1[C@H](OC)[C@@H](C)C(=O)C[C@H](C)[C@@H](O)c1ccccc1)OC. The number of carbonyl (C=O) groups is 7. The number of aliphatic hydroxyl groups excluding tert-OH is 1. The van der Waals surface area contributed by atoms with Crippen LogP contribution in [0.1, 0.15) is 139 Å². The first-order valence-electron chi connectivity index (χ1n) is 26.9. The predicted molar refractivity (Wildman–Crippen MR) is 286 cm³/mol. The number of ether oxygens (including phenoxy) is 5. The average Bonchev–Trinajstić information content (AvgIpc) is 3.86. The summed E-state index contributed by atoms with van der Waals surface area (Å²) in [5, 5.41) is 16.7. The summed E-state index contributed by atoms with van der Waals surface area (Å²) in [7, 11) is 4.48. The molecule has 17 heteroatoms. The monoisotopic (exact) mass is 1050 g/mol. The Labute approximate surface area is 446 Å². The van der Waals surface area contributed by atoms with Crippen molar-refractivity contribution in [2.75, 3.05) is 27.8 Å². The Hall–Kier alpha value is -5.39. The fourth-order valence-electron chi connectivity index (χ4n) is 9.86. The topological polar surface area (TPSA) is 216 Å². The van der Waals surface area contributed by atoms with Gasteiger partial charge in [-0.15, -0.1) is 0 Å². The van der Waals surface area contributed by atoms with Crippen molar-refractivity contribution in [3.05, 3.63) is 71.8 Å². The molecule has 1 aliphatic rings. The van der Waals surface area contributed by atoms with E-state index in [-0.39, 0.29) is 67.1 Å². The minimum absolute atomic E-state index is 0.00812. The highest BCUT2D eigenvalue weighted by Crippen LogP contribution is 2.32. The zero-order valence-electron chi connectivity index (χ0n) is 47.4. The zero-order valence-corrected chi connectivity index (χ0v) is 47.4. The average molecular weight is 1050 g/mol. The van der Waals surface area contributed by atoms with Crippen molar-refractivity contribution in [3.63, 3.8) is 0 Å². The maximum Gasteiger partial charge on any atom is 0.413 e. The molecule has 17 nitrogen and oxygen atoms in total. The van der Waals surface area contributed by atoms with E-state index < -0.39 is 96.4 Å². The van der Waals surface area contributed by atoms with Crippen LogP contribution < -0.4 is 10.6 Å². The third-order valence-electron chi connectivity index (χ3n) is 14.7. The Morgan fingerprint density at radius 1 is 0.720 bits per heavy atom. The molecule has 1 saturated heterocycles. The van der Waals surface area contributed by atoms with Gasteiger partial charge in [0.2, 0.25) is 11.8 Å². The highest BCUT2D eigenvalue weighted by Gasteiger charge is 2.43. The number of Topliss-reactive ketones (excluding diaryl/α,β-unsaturated/α-hetero) is 2. The summed E-state index contributed by atoms with van der Waals surface area (Å²) in [4.78, 5) is 99.9. The van der Waals surface area contributed by atoms with Crippen LogP contribution in [-0.2, 0) is 54.3 Å². The lowest BCUT2D eigenvalue weighted by molar-refractivity contribution is -0.180. The molecule has 1 heterocycles. The number of likely N-dealkylation sites (N-methyl/N-ethyl adjacent to an activating group) is 1. The van der Waals surface area contributed by atoms with Crippen LogP contribution in [0.15, 0.2) is 60.7 Å². The van der Waals surface area contributed by atoms with E-state index in [0.717, 1.165) is 22.4 Å². The lowest BCUT2D eigenvalue weighted by Crippen LogP contribution is -2.54. The largest absolute Gasteiger partial charge is 0.445 e. The molecule has 0 saturated carbocycles. The lowest BCUT2D eigenvalue weighted by Gasteiger charge is -2.37. The predicted octanol–water partition coefficient (Wildman–Crippen LogP) is 8.69. The first-order valence-corrected chi connectivity index (χ1v) is 26.9. The molecule has 0 spiro atoms. The number of nitrogens with one attached hydrogen (secondary N) is 2. The summed E-state index contributed by atoms with van der Waals surface area (Å²) >= 11 is 0. The van der Waals surface area contributed by atoms with Gasteiger partial charge in [-0.2, -0.15) is 0 Å². The van der Waals surface area contributed by atoms with E-state index in [9.17, 15) is 38.7 Å². The van der Waals surface area contributed by atoms with Crippen LogP contribution >= 0.6 is 0 Å². The van der Waals surface area contributed by atoms with Gasteiger partial charge in [-0.3, -0.25) is 19.2 Å². The Kier molecular flexibility index (Phi) is 26.4. The minimum atomic E-state index is -1.38. The number of nitrogens with zero attached hydrogens (tertiary/aromatic N) is 2. The summed E-state index contributed by atoms with van der Waals surface area (Å²) in [6.45, 7) is 22.2. The minimum Gasteiger partial charge on any atom is -0.445 e. The molecule has 4 amide bonds. The van der Waals surface area contributed by atoms with E-state index >= 15 is 0 Å². The van der Waals surface area contributed by atoms with Gasteiger partial charge < -0.3 is 49.2 Å². The number of methoxy groups -OCH3 is 2. The quantitative estimate of drug-likeness (QED) is 0.0494. The summed E-state index contributed by atoms with van der Waals surface area (Å²) in [6, 6.07) is 15.2. The highest BCUT2D eigenvalue weighted by atomic mass is 16.7. The summed E-state index contributed by atoms with van der Waals surface area (Å²) < 4.78 is 28.7. The van der Waals surface area contributed by atoms with Crippen LogP contribution in [-0.4, -0.2) is 127 Å². The van der Waals surface area contributed by atoms with E-state index in [0.29, 0.717) is 19.4 Å². The molecule has 3 rings (SSSR count). The first kappa shape index (κ1) is 63.9. The van der Waals surface area contributed by atoms with Gasteiger partial charge in [-0.05, 0) is 53.6 Å². The van der Waals surface area contributed by atoms with Crippen molar-refractivity contribution >= 4 is 41.5 Å². The first-order chi connectivity index (χ1) is 35.4. The van der Waals surface area contributed by atoms with Crippen molar-refractivity contribution in [3.8, 4) is 0 Å². The third-order valence-corrected chi connectivity index (χ3v) is 14.7. The van der Waals surface area contributed by atoms with Crippen LogP contribution in [0.2, 0.25) is 0 Å². The van der Waals surface area contributed by atoms with Gasteiger partial charge in [0, 0.05) is 58.4 Å². The van der Waals surface area contributed by atoms with E-state index in [2.05, 4.69) is 10.6 Å². The number of amides is 4. The number of aliphatic hydroxyl groups is 1. The van der Waals surface area contributed by atoms with E-state index in [1.807, 2.05) is 90.1 Å². The smallest absolute Gasteiger partial charge is 0.413 e. The molecule has 2 aromatic rings. The van der Waals surface area contributed by atoms with Gasteiger partial charge in [0.1, 0.15) is 18.4 Å². The molecule has 0 radical (unpaired) electrons. The van der Waals surface area contributed by atoms with Crippen molar-refractivity contribution in [1.29, 1.82) is 0 Å². The Balaban J connectivity index is 1.71. The molecule has 1 fully saturated rings. The standard InChI is InChI=1S/C58H90N4O13/c1-16-38(10)50(47(71-14)32-48(65)62-29-23-28-44(62)53(72-15)40(12)45(63)30-39(11)52(66)42-26-21-18-22-27-42)59-54(67)43(34(2)3)31-46(64)51(36(6)7)61(13)58(70)75-56(37(8)9)74-55(68)49(35(4)5)60-57(69)73-33-41-24-19-17-20-25-41/h17-22,24-27,34-40,43-44,47,49-53,56,66H,16,23,28-33H2,1-15H3,(H,59,67)(H,60,69)/t38-,39-,40-,43-,44-,47+,49-,50-,51-,52+,53+,56?/m0/s1. The number of rotatable bonds is 30. The highest BCUT2D eigenvalue weighted by molar-refractivity contribution is 5.92. The zero-order chi connectivity index (χ0) is 56.3. The molecular formula is C58H90N4O13. The number of hydrogen-bond donors (Lipinski definition) is 3. The summed E-state index contributed by atoms with van der Waals surface area (Å²) in [6.07, 6.45) is -3.40. The lowest BCUT2D eigenvalue weighted by atomic mass is 9.84. The van der Waals surface area contributed by atoms with Gasteiger partial charge in [0.25, 0.3) is 6.29 Å². The molecule has 75 heavy (non-hydrogen) atoms. The van der Waals surface area contributed by atoms with Crippen LogP contribution in [0.3, 0.4) is 0 Å². The molecule has 0 bridgehead atoms. The summed E-state index contributed by atoms with van der Waals surface area (Å²) in [5.74, 6) is -5.40. The fourth-order valence-corrected chi connectivity index (χ4v) is 9.86. The van der Waals surface area contributed by atoms with Gasteiger partial charge in [-0.25, -0.2) is 14.4 Å².